The van der Waals surface area contributed by atoms with Crippen molar-refractivity contribution in [1.29, 1.82) is 0 Å². The van der Waals surface area contributed by atoms with Crippen LogP contribution in [0.5, 0.6) is 11.5 Å². The molecule has 4 rings (SSSR count). The zero-order valence-corrected chi connectivity index (χ0v) is 17.7. The van der Waals surface area contributed by atoms with E-state index in [2.05, 4.69) is 20.2 Å². The number of benzene rings is 2. The van der Waals surface area contributed by atoms with Gasteiger partial charge in [0.2, 0.25) is 5.91 Å². The number of nitrogens with one attached hydrogen (secondary N) is 1. The molecule has 0 atom stereocenters. The standard InChI is InChI=1S/C24H26N4O3/c1-30-19-9-7-17(8-10-19)21-15-23(26-16-25-21)28-13-11-18(12-14-28)24(29)27-20-5-3-4-6-22(20)31-2/h3-10,15-16,18H,11-14H2,1-2H3,(H,27,29). The van der Waals surface area contributed by atoms with Crippen LogP contribution in [0.4, 0.5) is 11.5 Å². The summed E-state index contributed by atoms with van der Waals surface area (Å²) in [6.45, 7) is 1.53. The molecule has 1 saturated heterocycles. The number of carbonyl (C=O) groups is 1. The van der Waals surface area contributed by atoms with E-state index in [4.69, 9.17) is 9.47 Å². The van der Waals surface area contributed by atoms with Gasteiger partial charge in [0.15, 0.2) is 0 Å². The van der Waals surface area contributed by atoms with Crippen molar-refractivity contribution in [2.75, 3.05) is 37.5 Å². The Hall–Kier alpha value is -3.61. The molecule has 1 amide bonds. The van der Waals surface area contributed by atoms with Crippen molar-refractivity contribution in [3.63, 3.8) is 0 Å². The van der Waals surface area contributed by atoms with Gasteiger partial charge in [-0.1, -0.05) is 12.1 Å². The Morgan fingerprint density at radius 1 is 1.00 bits per heavy atom. The molecule has 1 N–H and O–H groups in total. The summed E-state index contributed by atoms with van der Waals surface area (Å²) in [6.07, 6.45) is 3.13. The van der Waals surface area contributed by atoms with E-state index in [1.54, 1.807) is 20.5 Å². The zero-order chi connectivity index (χ0) is 21.6. The minimum atomic E-state index is -0.0379. The predicted octanol–water partition coefficient (Wildman–Crippen LogP) is 4.02. The number of nitrogens with zero attached hydrogens (tertiary/aromatic N) is 3. The van der Waals surface area contributed by atoms with Gasteiger partial charge < -0.3 is 19.7 Å². The number of aromatic nitrogens is 2. The molecule has 160 valence electrons. The predicted molar refractivity (Wildman–Crippen MR) is 121 cm³/mol. The molecule has 1 aromatic heterocycles. The summed E-state index contributed by atoms with van der Waals surface area (Å²) in [5.41, 5.74) is 2.58. The van der Waals surface area contributed by atoms with Gasteiger partial charge in [-0.15, -0.1) is 0 Å². The first-order chi connectivity index (χ1) is 15.2. The fraction of sp³-hybridized carbons (Fsp3) is 0.292. The van der Waals surface area contributed by atoms with Gasteiger partial charge >= 0.3 is 0 Å². The second-order valence-electron chi connectivity index (χ2n) is 7.44. The maximum absolute atomic E-state index is 12.7. The number of anilines is 2. The molecule has 0 aliphatic carbocycles. The molecule has 7 nitrogen and oxygen atoms in total. The average Bonchev–Trinajstić information content (AvgIpc) is 2.84. The number of piperidine rings is 1. The molecular weight excluding hydrogens is 392 g/mol. The monoisotopic (exact) mass is 418 g/mol. The van der Waals surface area contributed by atoms with E-state index >= 15 is 0 Å². The molecule has 31 heavy (non-hydrogen) atoms. The normalized spacial score (nSPS) is 14.2. The van der Waals surface area contributed by atoms with Crippen molar-refractivity contribution in [3.05, 3.63) is 60.9 Å². The lowest BCUT2D eigenvalue weighted by Gasteiger charge is -2.32. The Kier molecular flexibility index (Phi) is 6.31. The molecule has 1 fully saturated rings. The molecule has 2 aromatic carbocycles. The van der Waals surface area contributed by atoms with E-state index < -0.39 is 0 Å². The van der Waals surface area contributed by atoms with Crippen LogP contribution >= 0.6 is 0 Å². The topological polar surface area (TPSA) is 76.6 Å². The highest BCUT2D eigenvalue weighted by atomic mass is 16.5. The fourth-order valence-electron chi connectivity index (χ4n) is 3.79. The lowest BCUT2D eigenvalue weighted by Crippen LogP contribution is -2.38. The SMILES string of the molecule is COc1ccc(-c2cc(N3CCC(C(=O)Nc4ccccc4OC)CC3)ncn2)cc1. The van der Waals surface area contributed by atoms with Crippen molar-refractivity contribution < 1.29 is 14.3 Å². The lowest BCUT2D eigenvalue weighted by molar-refractivity contribution is -0.120. The van der Waals surface area contributed by atoms with Crippen LogP contribution in [0.15, 0.2) is 60.9 Å². The van der Waals surface area contributed by atoms with Crippen LogP contribution < -0.4 is 19.7 Å². The molecule has 7 heteroatoms. The Morgan fingerprint density at radius 2 is 1.74 bits per heavy atom. The molecule has 2 heterocycles. The van der Waals surface area contributed by atoms with Crippen molar-refractivity contribution in [3.8, 4) is 22.8 Å². The summed E-state index contributed by atoms with van der Waals surface area (Å²) in [6, 6.07) is 17.3. The minimum absolute atomic E-state index is 0.0331. The summed E-state index contributed by atoms with van der Waals surface area (Å²) in [5.74, 6) is 2.35. The largest absolute Gasteiger partial charge is 0.497 e. The van der Waals surface area contributed by atoms with E-state index in [1.165, 1.54) is 0 Å². The van der Waals surface area contributed by atoms with Gasteiger partial charge in [0.1, 0.15) is 23.6 Å². The molecule has 0 spiro atoms. The van der Waals surface area contributed by atoms with Crippen LogP contribution in [-0.4, -0.2) is 43.2 Å². The van der Waals surface area contributed by atoms with Crippen LogP contribution in [-0.2, 0) is 4.79 Å². The first-order valence-corrected chi connectivity index (χ1v) is 10.3. The van der Waals surface area contributed by atoms with Gasteiger partial charge in [0.05, 0.1) is 25.6 Å². The van der Waals surface area contributed by atoms with Gasteiger partial charge in [0.25, 0.3) is 0 Å². The van der Waals surface area contributed by atoms with Crippen molar-refractivity contribution in [1.82, 2.24) is 9.97 Å². The Balaban J connectivity index is 1.39. The number of amides is 1. The third kappa shape index (κ3) is 4.77. The van der Waals surface area contributed by atoms with Crippen LogP contribution in [0.3, 0.4) is 0 Å². The van der Waals surface area contributed by atoms with E-state index in [0.29, 0.717) is 11.4 Å². The summed E-state index contributed by atoms with van der Waals surface area (Å²) >= 11 is 0. The number of para-hydroxylation sites is 2. The maximum Gasteiger partial charge on any atom is 0.227 e. The van der Waals surface area contributed by atoms with Crippen LogP contribution in [0, 0.1) is 5.92 Å². The highest BCUT2D eigenvalue weighted by Gasteiger charge is 2.26. The highest BCUT2D eigenvalue weighted by molar-refractivity contribution is 5.94. The fourth-order valence-corrected chi connectivity index (χ4v) is 3.79. The van der Waals surface area contributed by atoms with Crippen molar-refractivity contribution in [2.45, 2.75) is 12.8 Å². The smallest absolute Gasteiger partial charge is 0.227 e. The van der Waals surface area contributed by atoms with Gasteiger partial charge in [-0.3, -0.25) is 4.79 Å². The summed E-state index contributed by atoms with van der Waals surface area (Å²) < 4.78 is 10.5. The summed E-state index contributed by atoms with van der Waals surface area (Å²) in [4.78, 5) is 23.8. The number of hydrogen-bond acceptors (Lipinski definition) is 6. The Bertz CT molecular complexity index is 1030. The maximum atomic E-state index is 12.7. The number of ether oxygens (including phenoxy) is 2. The van der Waals surface area contributed by atoms with E-state index in [0.717, 1.165) is 48.8 Å². The molecule has 1 aliphatic heterocycles. The quantitative estimate of drug-likeness (QED) is 0.652. The first kappa shape index (κ1) is 20.7. The van der Waals surface area contributed by atoms with Crippen LogP contribution in [0.25, 0.3) is 11.3 Å². The number of rotatable bonds is 6. The number of methoxy groups -OCH3 is 2. The van der Waals surface area contributed by atoms with Gasteiger partial charge in [-0.25, -0.2) is 9.97 Å². The molecule has 0 bridgehead atoms. The molecular formula is C24H26N4O3. The highest BCUT2D eigenvalue weighted by Crippen LogP contribution is 2.28. The molecule has 0 saturated carbocycles. The second kappa shape index (κ2) is 9.47. The van der Waals surface area contributed by atoms with Gasteiger partial charge in [-0.2, -0.15) is 0 Å². The number of hydrogen-bond donors (Lipinski definition) is 1. The van der Waals surface area contributed by atoms with Crippen LogP contribution in [0.1, 0.15) is 12.8 Å². The summed E-state index contributed by atoms with van der Waals surface area (Å²) in [5, 5.41) is 3.01. The van der Waals surface area contributed by atoms with Gasteiger partial charge in [-0.05, 0) is 49.2 Å². The third-order valence-electron chi connectivity index (χ3n) is 5.59. The molecule has 3 aromatic rings. The second-order valence-corrected chi connectivity index (χ2v) is 7.44. The molecule has 1 aliphatic rings. The molecule has 0 unspecified atom stereocenters. The summed E-state index contributed by atoms with van der Waals surface area (Å²) in [7, 11) is 3.25. The van der Waals surface area contributed by atoms with Crippen LogP contribution in [0.2, 0.25) is 0 Å². The number of carbonyl (C=O) groups excluding carboxylic acids is 1. The first-order valence-electron chi connectivity index (χ1n) is 10.3. The van der Waals surface area contributed by atoms with E-state index in [9.17, 15) is 4.79 Å². The van der Waals surface area contributed by atoms with E-state index in [-0.39, 0.29) is 11.8 Å². The third-order valence-corrected chi connectivity index (χ3v) is 5.59. The van der Waals surface area contributed by atoms with Crippen molar-refractivity contribution >= 4 is 17.4 Å². The zero-order valence-electron chi connectivity index (χ0n) is 17.7. The molecule has 0 radical (unpaired) electrons. The average molecular weight is 418 g/mol. The van der Waals surface area contributed by atoms with Crippen molar-refractivity contribution in [2.24, 2.45) is 5.92 Å². The van der Waals surface area contributed by atoms with Gasteiger partial charge in [0, 0.05) is 30.6 Å². The Morgan fingerprint density at radius 3 is 2.45 bits per heavy atom. The Labute approximate surface area is 182 Å². The van der Waals surface area contributed by atoms with E-state index in [1.807, 2.05) is 54.6 Å². The minimum Gasteiger partial charge on any atom is -0.497 e. The lowest BCUT2D eigenvalue weighted by atomic mass is 9.95.